The van der Waals surface area contributed by atoms with Crippen molar-refractivity contribution in [2.75, 3.05) is 51.7 Å². The molecule has 2 aliphatic rings. The number of benzene rings is 1. The van der Waals surface area contributed by atoms with Crippen LogP contribution in [-0.2, 0) is 0 Å². The van der Waals surface area contributed by atoms with E-state index in [-0.39, 0.29) is 11.8 Å². The summed E-state index contributed by atoms with van der Waals surface area (Å²) in [6, 6.07) is 4.91. The summed E-state index contributed by atoms with van der Waals surface area (Å²) in [7, 11) is 3.54. The molecule has 1 aromatic carbocycles. The van der Waals surface area contributed by atoms with Crippen molar-refractivity contribution in [2.45, 2.75) is 25.3 Å². The van der Waals surface area contributed by atoms with E-state index in [0.29, 0.717) is 17.5 Å². The van der Waals surface area contributed by atoms with Gasteiger partial charge in [-0.1, -0.05) is 5.16 Å². The van der Waals surface area contributed by atoms with Gasteiger partial charge < -0.3 is 19.6 Å². The second-order valence-electron chi connectivity index (χ2n) is 8.14. The second-order valence-corrected chi connectivity index (χ2v) is 8.14. The number of urea groups is 1. The van der Waals surface area contributed by atoms with Crippen molar-refractivity contribution in [1.29, 1.82) is 0 Å². The standard InChI is InChI=1S/C20H28FN5O2/c1-24(2)20(27)22-16-11-14(12-16)5-6-25-7-9-26(10-8-25)19-17-4-3-15(21)13-18(17)28-23-19/h3-4,13-14,16H,5-12H2,1-2H3,(H,22,27). The van der Waals surface area contributed by atoms with Crippen molar-refractivity contribution in [1.82, 2.24) is 20.3 Å². The van der Waals surface area contributed by atoms with E-state index in [9.17, 15) is 9.18 Å². The molecule has 2 amide bonds. The van der Waals surface area contributed by atoms with Crippen LogP contribution in [0.25, 0.3) is 11.0 Å². The van der Waals surface area contributed by atoms with Crippen LogP contribution in [0.2, 0.25) is 0 Å². The van der Waals surface area contributed by atoms with Gasteiger partial charge in [-0.25, -0.2) is 9.18 Å². The highest BCUT2D eigenvalue weighted by atomic mass is 19.1. The normalized spacial score (nSPS) is 22.9. The Morgan fingerprint density at radius 2 is 2.04 bits per heavy atom. The Labute approximate surface area is 164 Å². The number of aromatic nitrogens is 1. The molecule has 1 aliphatic carbocycles. The summed E-state index contributed by atoms with van der Waals surface area (Å²) in [6.45, 7) is 4.86. The number of rotatable bonds is 5. The molecular weight excluding hydrogens is 361 g/mol. The molecule has 2 heterocycles. The first-order chi connectivity index (χ1) is 13.5. The molecule has 152 valence electrons. The van der Waals surface area contributed by atoms with Gasteiger partial charge in [-0.05, 0) is 43.9 Å². The molecule has 8 heteroatoms. The van der Waals surface area contributed by atoms with Crippen LogP contribution < -0.4 is 10.2 Å². The van der Waals surface area contributed by atoms with E-state index in [2.05, 4.69) is 20.3 Å². The predicted octanol–water partition coefficient (Wildman–Crippen LogP) is 2.53. The Bertz CT molecular complexity index is 825. The van der Waals surface area contributed by atoms with Crippen LogP contribution in [0.15, 0.2) is 22.7 Å². The molecule has 2 fully saturated rings. The lowest BCUT2D eigenvalue weighted by atomic mass is 9.78. The number of nitrogens with one attached hydrogen (secondary N) is 1. The molecule has 0 atom stereocenters. The molecule has 1 aromatic heterocycles. The van der Waals surface area contributed by atoms with Gasteiger partial charge in [0.25, 0.3) is 0 Å². The van der Waals surface area contributed by atoms with E-state index >= 15 is 0 Å². The number of carbonyl (C=O) groups excluding carboxylic acids is 1. The molecule has 0 unspecified atom stereocenters. The van der Waals surface area contributed by atoms with E-state index in [1.165, 1.54) is 18.6 Å². The maximum Gasteiger partial charge on any atom is 0.317 e. The zero-order valence-corrected chi connectivity index (χ0v) is 16.5. The third-order valence-electron chi connectivity index (χ3n) is 5.91. The number of amides is 2. The molecule has 7 nitrogen and oxygen atoms in total. The first-order valence-electron chi connectivity index (χ1n) is 9.99. The lowest BCUT2D eigenvalue weighted by Gasteiger charge is -2.39. The first-order valence-corrected chi connectivity index (χ1v) is 9.99. The molecule has 1 aliphatic heterocycles. The summed E-state index contributed by atoms with van der Waals surface area (Å²) < 4.78 is 18.6. The molecule has 1 N–H and O–H groups in total. The monoisotopic (exact) mass is 389 g/mol. The van der Waals surface area contributed by atoms with E-state index in [1.807, 2.05) is 0 Å². The molecule has 0 spiro atoms. The van der Waals surface area contributed by atoms with Gasteiger partial charge in [0.2, 0.25) is 0 Å². The van der Waals surface area contributed by atoms with Crippen molar-refractivity contribution in [3.05, 3.63) is 24.0 Å². The first kappa shape index (κ1) is 19.0. The minimum atomic E-state index is -0.306. The summed E-state index contributed by atoms with van der Waals surface area (Å²) in [4.78, 5) is 17.9. The zero-order valence-electron chi connectivity index (χ0n) is 16.5. The van der Waals surface area contributed by atoms with Crippen molar-refractivity contribution >= 4 is 22.8 Å². The van der Waals surface area contributed by atoms with Gasteiger partial charge in [-0.15, -0.1) is 0 Å². The zero-order chi connectivity index (χ0) is 19.7. The van der Waals surface area contributed by atoms with Crippen molar-refractivity contribution < 1.29 is 13.7 Å². The minimum Gasteiger partial charge on any atom is -0.354 e. The quantitative estimate of drug-likeness (QED) is 0.851. The number of anilines is 1. The predicted molar refractivity (Wildman–Crippen MR) is 106 cm³/mol. The van der Waals surface area contributed by atoms with Gasteiger partial charge >= 0.3 is 6.03 Å². The highest BCUT2D eigenvalue weighted by molar-refractivity contribution is 5.88. The van der Waals surface area contributed by atoms with Gasteiger partial charge in [0.15, 0.2) is 11.4 Å². The average Bonchev–Trinajstić information content (AvgIpc) is 3.06. The molecule has 4 rings (SSSR count). The molecule has 2 aromatic rings. The topological polar surface area (TPSA) is 64.9 Å². The van der Waals surface area contributed by atoms with E-state index in [4.69, 9.17) is 4.52 Å². The van der Waals surface area contributed by atoms with E-state index in [0.717, 1.165) is 56.8 Å². The number of carbonyl (C=O) groups is 1. The number of hydrogen-bond acceptors (Lipinski definition) is 5. The van der Waals surface area contributed by atoms with Gasteiger partial charge in [-0.3, -0.25) is 4.90 Å². The number of nitrogens with zero attached hydrogens (tertiary/aromatic N) is 4. The molecular formula is C20H28FN5O2. The molecule has 28 heavy (non-hydrogen) atoms. The number of halogens is 1. The minimum absolute atomic E-state index is 0.00249. The summed E-state index contributed by atoms with van der Waals surface area (Å²) in [5.41, 5.74) is 0.498. The van der Waals surface area contributed by atoms with E-state index < -0.39 is 0 Å². The Kier molecular flexibility index (Phi) is 5.39. The Morgan fingerprint density at radius 3 is 2.75 bits per heavy atom. The molecule has 0 bridgehead atoms. The fourth-order valence-corrected chi connectivity index (χ4v) is 4.07. The van der Waals surface area contributed by atoms with Crippen LogP contribution in [0.3, 0.4) is 0 Å². The fourth-order valence-electron chi connectivity index (χ4n) is 4.07. The van der Waals surface area contributed by atoms with Crippen molar-refractivity contribution in [3.63, 3.8) is 0 Å². The molecule has 0 radical (unpaired) electrons. The summed E-state index contributed by atoms with van der Waals surface area (Å²) in [5.74, 6) is 1.22. The van der Waals surface area contributed by atoms with Gasteiger partial charge in [-0.2, -0.15) is 0 Å². The third-order valence-corrected chi connectivity index (χ3v) is 5.91. The maximum absolute atomic E-state index is 13.3. The van der Waals surface area contributed by atoms with Crippen LogP contribution in [-0.4, -0.2) is 73.8 Å². The SMILES string of the molecule is CN(C)C(=O)NC1CC(CCN2CCN(c3noc4cc(F)ccc34)CC2)C1. The van der Waals surface area contributed by atoms with Gasteiger partial charge in [0.1, 0.15) is 5.82 Å². The van der Waals surface area contributed by atoms with Crippen molar-refractivity contribution in [2.24, 2.45) is 5.92 Å². The lowest BCUT2D eigenvalue weighted by molar-refractivity contribution is 0.161. The van der Waals surface area contributed by atoms with Crippen LogP contribution in [0.4, 0.5) is 15.0 Å². The fraction of sp³-hybridized carbons (Fsp3) is 0.600. The third kappa shape index (κ3) is 4.06. The van der Waals surface area contributed by atoms with Crippen LogP contribution in [0, 0.1) is 11.7 Å². The number of piperazine rings is 1. The van der Waals surface area contributed by atoms with Crippen LogP contribution in [0.5, 0.6) is 0 Å². The summed E-state index contributed by atoms with van der Waals surface area (Å²) in [5, 5.41) is 8.07. The van der Waals surface area contributed by atoms with Crippen LogP contribution >= 0.6 is 0 Å². The summed E-state index contributed by atoms with van der Waals surface area (Å²) in [6.07, 6.45) is 3.35. The largest absolute Gasteiger partial charge is 0.354 e. The van der Waals surface area contributed by atoms with Gasteiger partial charge in [0.05, 0.1) is 5.39 Å². The molecule has 1 saturated heterocycles. The highest BCUT2D eigenvalue weighted by Crippen LogP contribution is 2.31. The Balaban J connectivity index is 1.20. The maximum atomic E-state index is 13.3. The van der Waals surface area contributed by atoms with Crippen LogP contribution in [0.1, 0.15) is 19.3 Å². The Morgan fingerprint density at radius 1 is 1.29 bits per heavy atom. The number of hydrogen-bond donors (Lipinski definition) is 1. The number of fused-ring (bicyclic) bond motifs is 1. The molecule has 1 saturated carbocycles. The smallest absolute Gasteiger partial charge is 0.317 e. The Hall–Kier alpha value is -2.35. The van der Waals surface area contributed by atoms with Crippen molar-refractivity contribution in [3.8, 4) is 0 Å². The van der Waals surface area contributed by atoms with E-state index in [1.54, 1.807) is 25.1 Å². The average molecular weight is 389 g/mol. The second kappa shape index (κ2) is 7.95. The highest BCUT2D eigenvalue weighted by Gasteiger charge is 2.31. The summed E-state index contributed by atoms with van der Waals surface area (Å²) >= 11 is 0. The van der Waals surface area contributed by atoms with Gasteiger partial charge in [0, 0.05) is 52.4 Å². The lowest BCUT2D eigenvalue weighted by Crippen LogP contribution is -2.50.